The highest BCUT2D eigenvalue weighted by Crippen LogP contribution is 2.33. The van der Waals surface area contributed by atoms with E-state index < -0.39 is 5.54 Å². The van der Waals surface area contributed by atoms with E-state index >= 15 is 0 Å². The molecule has 2 N–H and O–H groups in total. The van der Waals surface area contributed by atoms with E-state index in [1.807, 2.05) is 55.5 Å². The van der Waals surface area contributed by atoms with Crippen LogP contribution in [0.5, 0.6) is 5.88 Å². The van der Waals surface area contributed by atoms with Gasteiger partial charge in [0, 0.05) is 27.7 Å². The van der Waals surface area contributed by atoms with Crippen LogP contribution in [-0.2, 0) is 0 Å². The first-order valence-corrected chi connectivity index (χ1v) is 11.8. The Labute approximate surface area is 203 Å². The maximum atomic E-state index is 12.2. The molecule has 1 saturated carbocycles. The summed E-state index contributed by atoms with van der Waals surface area (Å²) in [5.74, 6) is 0.404. The van der Waals surface area contributed by atoms with E-state index in [0.29, 0.717) is 34.8 Å². The summed E-state index contributed by atoms with van der Waals surface area (Å²) in [5, 5.41) is 7.21. The molecule has 172 valence electrons. The van der Waals surface area contributed by atoms with E-state index in [1.165, 1.54) is 0 Å². The molecule has 1 aliphatic carbocycles. The van der Waals surface area contributed by atoms with Gasteiger partial charge in [0.05, 0.1) is 17.4 Å². The Kier molecular flexibility index (Phi) is 7.36. The number of urea groups is 1. The van der Waals surface area contributed by atoms with Crippen molar-refractivity contribution in [3.8, 4) is 28.4 Å². The van der Waals surface area contributed by atoms with Crippen molar-refractivity contribution >= 4 is 29.2 Å². The smallest absolute Gasteiger partial charge is 0.315 e. The van der Waals surface area contributed by atoms with Gasteiger partial charge < -0.3 is 15.4 Å². The molecule has 4 rings (SSSR count). The van der Waals surface area contributed by atoms with E-state index in [9.17, 15) is 4.79 Å². The number of hydrogen-bond acceptors (Lipinski definition) is 4. The van der Waals surface area contributed by atoms with Crippen molar-refractivity contribution in [3.63, 3.8) is 0 Å². The predicted octanol–water partition coefficient (Wildman–Crippen LogP) is 6.13. The first-order chi connectivity index (χ1) is 16.0. The standard InChI is InChI=1S/C25H26Cl2N4O2/c1-2-28-24(32)31-25(13-3-4-14-25)16-33-21-15-29-22(17-5-9-19(26)10-6-17)23(30-21)18-7-11-20(27)12-8-18/h5-12,15H,2-4,13-14,16H2,1H3,(H2,28,31,32). The fraction of sp³-hybridized carbons (Fsp3) is 0.320. The summed E-state index contributed by atoms with van der Waals surface area (Å²) in [6.45, 7) is 2.80. The van der Waals surface area contributed by atoms with Crippen LogP contribution in [0.3, 0.4) is 0 Å². The zero-order chi connectivity index (χ0) is 23.3. The highest BCUT2D eigenvalue weighted by Gasteiger charge is 2.36. The number of benzene rings is 2. The number of hydrogen-bond donors (Lipinski definition) is 2. The lowest BCUT2D eigenvalue weighted by Gasteiger charge is -2.30. The third kappa shape index (κ3) is 5.75. The number of carbonyl (C=O) groups is 1. The Balaban J connectivity index is 1.62. The van der Waals surface area contributed by atoms with Gasteiger partial charge in [0.25, 0.3) is 0 Å². The maximum Gasteiger partial charge on any atom is 0.315 e. The number of halogens is 2. The number of ether oxygens (including phenoxy) is 1. The molecule has 0 bridgehead atoms. The molecule has 0 unspecified atom stereocenters. The summed E-state index contributed by atoms with van der Waals surface area (Å²) in [4.78, 5) is 21.6. The Hall–Kier alpha value is -2.83. The topological polar surface area (TPSA) is 76.1 Å². The summed E-state index contributed by atoms with van der Waals surface area (Å²) in [6, 6.07) is 14.8. The molecule has 2 aromatic carbocycles. The average molecular weight is 485 g/mol. The second-order valence-electron chi connectivity index (χ2n) is 8.18. The largest absolute Gasteiger partial charge is 0.474 e. The van der Waals surface area contributed by atoms with Crippen molar-refractivity contribution in [2.45, 2.75) is 38.1 Å². The van der Waals surface area contributed by atoms with Gasteiger partial charge in [-0.05, 0) is 44.0 Å². The molecule has 1 aromatic heterocycles. The Morgan fingerprint density at radius 2 is 1.55 bits per heavy atom. The lowest BCUT2D eigenvalue weighted by Crippen LogP contribution is -2.54. The van der Waals surface area contributed by atoms with Crippen LogP contribution < -0.4 is 15.4 Å². The Morgan fingerprint density at radius 1 is 0.970 bits per heavy atom. The normalized spacial score (nSPS) is 14.6. The van der Waals surface area contributed by atoms with Gasteiger partial charge in [-0.2, -0.15) is 0 Å². The quantitative estimate of drug-likeness (QED) is 0.422. The van der Waals surface area contributed by atoms with Crippen molar-refractivity contribution in [2.75, 3.05) is 13.2 Å². The van der Waals surface area contributed by atoms with Crippen molar-refractivity contribution in [1.82, 2.24) is 20.6 Å². The summed E-state index contributed by atoms with van der Waals surface area (Å²) in [6.07, 6.45) is 5.45. The average Bonchev–Trinajstić information content (AvgIpc) is 3.27. The fourth-order valence-corrected chi connectivity index (χ4v) is 4.34. The van der Waals surface area contributed by atoms with E-state index in [0.717, 1.165) is 42.5 Å². The van der Waals surface area contributed by atoms with Gasteiger partial charge >= 0.3 is 6.03 Å². The zero-order valence-electron chi connectivity index (χ0n) is 18.4. The number of amides is 2. The zero-order valence-corrected chi connectivity index (χ0v) is 19.9. The highest BCUT2D eigenvalue weighted by molar-refractivity contribution is 6.31. The van der Waals surface area contributed by atoms with Gasteiger partial charge in [-0.3, -0.25) is 0 Å². The third-order valence-corrected chi connectivity index (χ3v) is 6.26. The lowest BCUT2D eigenvalue weighted by atomic mass is 9.99. The molecule has 8 heteroatoms. The molecule has 1 aliphatic rings. The van der Waals surface area contributed by atoms with Gasteiger partial charge in [0.1, 0.15) is 12.3 Å². The summed E-state index contributed by atoms with van der Waals surface area (Å²) in [5.41, 5.74) is 2.77. The molecular weight excluding hydrogens is 459 g/mol. The summed E-state index contributed by atoms with van der Waals surface area (Å²) < 4.78 is 6.10. The minimum Gasteiger partial charge on any atom is -0.474 e. The van der Waals surface area contributed by atoms with E-state index in [2.05, 4.69) is 15.6 Å². The fourth-order valence-electron chi connectivity index (χ4n) is 4.09. The van der Waals surface area contributed by atoms with Crippen LogP contribution in [0.15, 0.2) is 54.7 Å². The molecule has 1 fully saturated rings. The van der Waals surface area contributed by atoms with Crippen molar-refractivity contribution in [2.24, 2.45) is 0 Å². The van der Waals surface area contributed by atoms with E-state index in [-0.39, 0.29) is 6.03 Å². The van der Waals surface area contributed by atoms with Crippen molar-refractivity contribution in [3.05, 3.63) is 64.8 Å². The van der Waals surface area contributed by atoms with Gasteiger partial charge in [-0.25, -0.2) is 14.8 Å². The molecule has 6 nitrogen and oxygen atoms in total. The van der Waals surface area contributed by atoms with Gasteiger partial charge in [-0.1, -0.05) is 60.3 Å². The second-order valence-corrected chi connectivity index (χ2v) is 9.05. The molecule has 3 aromatic rings. The predicted molar refractivity (Wildman–Crippen MR) is 132 cm³/mol. The molecular formula is C25H26Cl2N4O2. The number of carbonyl (C=O) groups excluding carboxylic acids is 1. The first-order valence-electron chi connectivity index (χ1n) is 11.1. The monoisotopic (exact) mass is 484 g/mol. The number of rotatable bonds is 7. The number of aromatic nitrogens is 2. The highest BCUT2D eigenvalue weighted by atomic mass is 35.5. The van der Waals surface area contributed by atoms with Crippen LogP contribution in [0.2, 0.25) is 10.0 Å². The molecule has 2 amide bonds. The molecule has 0 saturated heterocycles. The van der Waals surface area contributed by atoms with E-state index in [1.54, 1.807) is 6.20 Å². The van der Waals surface area contributed by atoms with Crippen molar-refractivity contribution < 1.29 is 9.53 Å². The Morgan fingerprint density at radius 3 is 2.12 bits per heavy atom. The summed E-state index contributed by atoms with van der Waals surface area (Å²) in [7, 11) is 0. The van der Waals surface area contributed by atoms with Gasteiger partial charge in [0.2, 0.25) is 5.88 Å². The molecule has 0 radical (unpaired) electrons. The van der Waals surface area contributed by atoms with Crippen LogP contribution in [0.4, 0.5) is 4.79 Å². The molecule has 0 aliphatic heterocycles. The molecule has 0 atom stereocenters. The summed E-state index contributed by atoms with van der Waals surface area (Å²) >= 11 is 12.2. The number of nitrogens with zero attached hydrogens (tertiary/aromatic N) is 2. The number of nitrogens with one attached hydrogen (secondary N) is 2. The first kappa shape index (κ1) is 23.3. The Bertz CT molecular complexity index is 1100. The second kappa shape index (κ2) is 10.4. The van der Waals surface area contributed by atoms with Crippen LogP contribution in [0.25, 0.3) is 22.5 Å². The lowest BCUT2D eigenvalue weighted by molar-refractivity contribution is 0.173. The molecule has 33 heavy (non-hydrogen) atoms. The third-order valence-electron chi connectivity index (χ3n) is 5.76. The van der Waals surface area contributed by atoms with E-state index in [4.69, 9.17) is 32.9 Å². The molecule has 0 spiro atoms. The van der Waals surface area contributed by atoms with Gasteiger partial charge in [-0.15, -0.1) is 0 Å². The minimum absolute atomic E-state index is 0.172. The van der Waals surface area contributed by atoms with Crippen LogP contribution >= 0.6 is 23.2 Å². The van der Waals surface area contributed by atoms with Gasteiger partial charge in [0.15, 0.2) is 0 Å². The maximum absolute atomic E-state index is 12.2. The van der Waals surface area contributed by atoms with Crippen LogP contribution in [0, 0.1) is 0 Å². The van der Waals surface area contributed by atoms with Crippen molar-refractivity contribution in [1.29, 1.82) is 0 Å². The minimum atomic E-state index is -0.407. The van der Waals surface area contributed by atoms with Crippen LogP contribution in [0.1, 0.15) is 32.6 Å². The SMILES string of the molecule is CCNC(=O)NC1(COc2cnc(-c3ccc(Cl)cc3)c(-c3ccc(Cl)cc3)n2)CCCC1. The molecule has 1 heterocycles. The van der Waals surface area contributed by atoms with Crippen LogP contribution in [-0.4, -0.2) is 34.7 Å².